The maximum atomic E-state index is 10.7. The predicted molar refractivity (Wildman–Crippen MR) is 105 cm³/mol. The quantitative estimate of drug-likeness (QED) is 0.175. The molecule has 1 aromatic heterocycles. The fraction of sp³-hybridized carbons (Fsp3) is 0.0625. The number of hydrogen-bond acceptors (Lipinski definition) is 3. The Morgan fingerprint density at radius 3 is 2.11 bits per heavy atom. The zero-order valence-corrected chi connectivity index (χ0v) is 17.1. The molecule has 0 atom stereocenters. The van der Waals surface area contributed by atoms with E-state index in [4.69, 9.17) is 0 Å². The van der Waals surface area contributed by atoms with Crippen molar-refractivity contribution in [2.75, 3.05) is 0 Å². The topological polar surface area (TPSA) is 43.1 Å². The number of aryl methyl sites for hydroxylation is 1. The molecule has 0 aliphatic heterocycles. The Morgan fingerprint density at radius 2 is 1.59 bits per heavy atom. The fourth-order valence-corrected chi connectivity index (χ4v) is 7.07. The van der Waals surface area contributed by atoms with Gasteiger partial charge in [0.25, 0.3) is 0 Å². The molecule has 3 nitrogen and oxygen atoms in total. The molecule has 1 heterocycles. The number of nitrogens with zero attached hydrogens (tertiary/aromatic N) is 1. The van der Waals surface area contributed by atoms with Crippen LogP contribution in [0.25, 0.3) is 10.4 Å². The summed E-state index contributed by atoms with van der Waals surface area (Å²) in [6.07, 6.45) is 0. The summed E-state index contributed by atoms with van der Waals surface area (Å²) in [7, 11) is -6.00. The summed E-state index contributed by atoms with van der Waals surface area (Å²) in [5.74, 6) is 0. The molecule has 27 heavy (non-hydrogen) atoms. The second kappa shape index (κ2) is 9.41. The minimum atomic E-state index is -6.00. The zero-order chi connectivity index (χ0) is 20.0. The Balaban J connectivity index is 0.000000465. The summed E-state index contributed by atoms with van der Waals surface area (Å²) < 4.78 is 41.5. The Bertz CT molecular complexity index is 896. The molecule has 3 aromatic rings. The third-order valence-corrected chi connectivity index (χ3v) is 8.43. The molecule has 2 aromatic carbocycles. The number of hydrogen-bond donors (Lipinski definition) is 0. The molecule has 11 heteroatoms. The van der Waals surface area contributed by atoms with Crippen molar-refractivity contribution in [2.45, 2.75) is 6.92 Å². The molecular formula is C16H12BF4NO2S2Se. The van der Waals surface area contributed by atoms with E-state index in [0.717, 1.165) is 4.46 Å². The van der Waals surface area contributed by atoms with Crippen molar-refractivity contribution in [3.05, 3.63) is 69.6 Å². The van der Waals surface area contributed by atoms with Crippen molar-refractivity contribution in [3.8, 4) is 10.4 Å². The van der Waals surface area contributed by atoms with E-state index in [-0.39, 0.29) is 25.6 Å². The number of benzene rings is 2. The molecule has 0 fully saturated rings. The maximum Gasteiger partial charge on any atom is 0.673 e. The van der Waals surface area contributed by atoms with Gasteiger partial charge in [0.15, 0.2) is 0 Å². The molecule has 0 N–H and O–H groups in total. The Hall–Kier alpha value is -1.81. The molecule has 0 aliphatic rings. The molecule has 0 spiro atoms. The van der Waals surface area contributed by atoms with E-state index >= 15 is 0 Å². The molecule has 0 unspecified atom stereocenters. The van der Waals surface area contributed by atoms with Crippen molar-refractivity contribution in [1.29, 1.82) is 0 Å². The van der Waals surface area contributed by atoms with Gasteiger partial charge in [-0.15, -0.1) is 0 Å². The molecule has 3 rings (SSSR count). The number of nitro groups is 1. The van der Waals surface area contributed by atoms with Crippen LogP contribution in [-0.4, -0.2) is 27.1 Å². The minimum Gasteiger partial charge on any atom is -0.418 e. The Kier molecular flexibility index (Phi) is 7.49. The van der Waals surface area contributed by atoms with Gasteiger partial charge in [0.2, 0.25) is 0 Å². The number of nitro benzene ring substituents is 1. The van der Waals surface area contributed by atoms with Crippen molar-refractivity contribution in [3.63, 3.8) is 0 Å². The molecule has 0 amide bonds. The standard InChI is InChI=1S/C16H12NO2S2Se.BF4/c1-11-2-4-12(5-3-11)15-10-20-16(21-15)22-14-8-6-13(7-9-14)17(18)19;2-1(3,4)5/h2-10H,1H3;/q+1;-1. The van der Waals surface area contributed by atoms with Crippen LogP contribution >= 0.6 is 22.7 Å². The second-order valence-corrected chi connectivity index (χ2v) is 10.8. The summed E-state index contributed by atoms with van der Waals surface area (Å²) in [6, 6.07) is 15.4. The van der Waals surface area contributed by atoms with E-state index < -0.39 is 7.25 Å². The van der Waals surface area contributed by atoms with Crippen LogP contribution in [0.5, 0.6) is 0 Å². The van der Waals surface area contributed by atoms with Gasteiger partial charge in [0, 0.05) is 0 Å². The number of rotatable bonds is 4. The van der Waals surface area contributed by atoms with Crippen LogP contribution in [0.2, 0.25) is 0 Å². The first kappa shape index (κ1) is 21.5. The summed E-state index contributed by atoms with van der Waals surface area (Å²) in [6.45, 7) is 2.09. The van der Waals surface area contributed by atoms with Crippen LogP contribution in [0.15, 0.2) is 53.9 Å². The monoisotopic (exact) mass is 481 g/mol. The van der Waals surface area contributed by atoms with Gasteiger partial charge in [-0.2, -0.15) is 0 Å². The number of non-ortho nitro benzene ring substituents is 1. The summed E-state index contributed by atoms with van der Waals surface area (Å²) >= 11 is 3.78. The van der Waals surface area contributed by atoms with E-state index in [2.05, 4.69) is 36.6 Å². The van der Waals surface area contributed by atoms with Crippen molar-refractivity contribution >= 4 is 58.1 Å². The maximum absolute atomic E-state index is 10.7. The summed E-state index contributed by atoms with van der Waals surface area (Å²) in [5, 5.41) is 12.9. The molecule has 0 saturated heterocycles. The zero-order valence-electron chi connectivity index (χ0n) is 13.8. The molecule has 0 saturated carbocycles. The molecular weight excluding hydrogens is 468 g/mol. The third-order valence-electron chi connectivity index (χ3n) is 3.04. The van der Waals surface area contributed by atoms with E-state index in [0.29, 0.717) is 0 Å². The van der Waals surface area contributed by atoms with Gasteiger partial charge in [-0.1, -0.05) is 0 Å². The largest absolute Gasteiger partial charge is 0.673 e. The SMILES string of the molecule is Cc1ccc(-c2c[s+]c([Se]c3ccc([N+](=O)[O-])cc3)s2)cc1.F[B-](F)(F)F. The average molecular weight is 480 g/mol. The van der Waals surface area contributed by atoms with Gasteiger partial charge >= 0.3 is 150 Å². The van der Waals surface area contributed by atoms with Crippen LogP contribution in [0.1, 0.15) is 5.56 Å². The van der Waals surface area contributed by atoms with Crippen LogP contribution in [0, 0.1) is 17.0 Å². The van der Waals surface area contributed by atoms with Crippen LogP contribution in [0.4, 0.5) is 23.0 Å². The van der Waals surface area contributed by atoms with E-state index in [1.165, 1.54) is 19.1 Å². The number of halogens is 4. The van der Waals surface area contributed by atoms with Gasteiger partial charge in [0.05, 0.1) is 0 Å². The van der Waals surface area contributed by atoms with Crippen LogP contribution in [0.3, 0.4) is 0 Å². The van der Waals surface area contributed by atoms with Gasteiger partial charge in [0.1, 0.15) is 0 Å². The second-order valence-electron chi connectivity index (χ2n) is 5.17. The summed E-state index contributed by atoms with van der Waals surface area (Å²) in [5.41, 5.74) is 2.66. The fourth-order valence-electron chi connectivity index (χ4n) is 1.86. The first-order chi connectivity index (χ1) is 12.6. The molecule has 142 valence electrons. The van der Waals surface area contributed by atoms with Crippen molar-refractivity contribution in [2.24, 2.45) is 0 Å². The molecule has 0 bridgehead atoms. The predicted octanol–water partition coefficient (Wildman–Crippen LogP) is 4.93. The van der Waals surface area contributed by atoms with Crippen LogP contribution in [-0.2, 0) is 0 Å². The normalized spacial score (nSPS) is 10.9. The van der Waals surface area contributed by atoms with Gasteiger partial charge < -0.3 is 17.3 Å². The smallest absolute Gasteiger partial charge is 0.418 e. The van der Waals surface area contributed by atoms with Crippen molar-refractivity contribution in [1.82, 2.24) is 0 Å². The molecule has 0 radical (unpaired) electrons. The first-order valence-electron chi connectivity index (χ1n) is 7.40. The van der Waals surface area contributed by atoms with E-state index in [1.54, 1.807) is 23.5 Å². The van der Waals surface area contributed by atoms with Gasteiger partial charge in [-0.05, 0) is 0 Å². The van der Waals surface area contributed by atoms with Crippen LogP contribution < -0.4 is 7.55 Å². The van der Waals surface area contributed by atoms with Gasteiger partial charge in [-0.25, -0.2) is 0 Å². The van der Waals surface area contributed by atoms with Gasteiger partial charge in [-0.3, -0.25) is 0 Å². The minimum absolute atomic E-state index is 0.148. The Labute approximate surface area is 167 Å². The first-order valence-corrected chi connectivity index (χ1v) is 10.8. The van der Waals surface area contributed by atoms with E-state index in [9.17, 15) is 27.4 Å². The Morgan fingerprint density at radius 1 is 1.04 bits per heavy atom. The average Bonchev–Trinajstić information content (AvgIpc) is 3.03. The van der Waals surface area contributed by atoms with E-state index in [1.807, 2.05) is 23.5 Å². The molecule has 0 aliphatic carbocycles. The summed E-state index contributed by atoms with van der Waals surface area (Å²) in [4.78, 5) is 11.6. The van der Waals surface area contributed by atoms with Crippen molar-refractivity contribution < 1.29 is 22.2 Å². The third kappa shape index (κ3) is 7.76.